The molecule has 0 atom stereocenters. The molecule has 0 aromatic heterocycles. The average Bonchev–Trinajstić information content (AvgIpc) is 2.52. The second-order valence-electron chi connectivity index (χ2n) is 2.90. The minimum atomic E-state index is -0.364. The minimum absolute atomic E-state index is 0.223. The molecule has 11 heavy (non-hydrogen) atoms. The Labute approximate surface area is 65.9 Å². The molecule has 0 spiro atoms. The highest BCUT2D eigenvalue weighted by Gasteiger charge is 2.14. The molecule has 1 aliphatic rings. The van der Waals surface area contributed by atoms with E-state index in [2.05, 4.69) is 5.32 Å². The van der Waals surface area contributed by atoms with E-state index in [1.165, 1.54) is 12.8 Å². The van der Waals surface area contributed by atoms with Crippen molar-refractivity contribution in [3.8, 4) is 0 Å². The first-order valence-corrected chi connectivity index (χ1v) is 3.99. The number of hydrogen-bond donors (Lipinski definition) is 3. The van der Waals surface area contributed by atoms with Gasteiger partial charge in [-0.05, 0) is 12.8 Å². The van der Waals surface area contributed by atoms with Crippen LogP contribution in [0.5, 0.6) is 0 Å². The Morgan fingerprint density at radius 1 is 1.45 bits per heavy atom. The molecule has 0 saturated heterocycles. The zero-order valence-corrected chi connectivity index (χ0v) is 6.47. The smallest absolute Gasteiger partial charge is 0.257 e. The topological polar surface area (TPSA) is 61.4 Å². The third-order valence-electron chi connectivity index (χ3n) is 2.03. The summed E-state index contributed by atoms with van der Waals surface area (Å²) in [6, 6.07) is 0.479. The van der Waals surface area contributed by atoms with E-state index in [9.17, 15) is 4.79 Å². The van der Waals surface area contributed by atoms with Crippen molar-refractivity contribution in [3.63, 3.8) is 0 Å². The summed E-state index contributed by atoms with van der Waals surface area (Å²) in [7, 11) is 0. The van der Waals surface area contributed by atoms with Crippen molar-refractivity contribution in [3.05, 3.63) is 0 Å². The van der Waals surface area contributed by atoms with Gasteiger partial charge in [-0.2, -0.15) is 0 Å². The van der Waals surface area contributed by atoms with Crippen molar-refractivity contribution in [1.82, 2.24) is 10.8 Å². The van der Waals surface area contributed by atoms with E-state index in [0.717, 1.165) is 12.8 Å². The molecule has 0 aromatic rings. The fraction of sp³-hybridized carbons (Fsp3) is 0.857. The quantitative estimate of drug-likeness (QED) is 0.401. The highest BCUT2D eigenvalue weighted by atomic mass is 16.5. The minimum Gasteiger partial charge on any atom is -0.306 e. The highest BCUT2D eigenvalue weighted by Crippen LogP contribution is 2.16. The van der Waals surface area contributed by atoms with Crippen LogP contribution in [-0.4, -0.2) is 23.7 Å². The molecule has 1 amide bonds. The Bertz CT molecular complexity index is 132. The molecular weight excluding hydrogens is 144 g/mol. The van der Waals surface area contributed by atoms with E-state index in [0.29, 0.717) is 6.04 Å². The van der Waals surface area contributed by atoms with Crippen molar-refractivity contribution in [1.29, 1.82) is 0 Å². The van der Waals surface area contributed by atoms with E-state index in [1.807, 2.05) is 0 Å². The van der Waals surface area contributed by atoms with E-state index >= 15 is 0 Å². The molecular formula is C7H14N2O2. The molecule has 1 aliphatic carbocycles. The van der Waals surface area contributed by atoms with Crippen LogP contribution in [0.1, 0.15) is 25.7 Å². The molecule has 64 valence electrons. The monoisotopic (exact) mass is 158 g/mol. The number of hydroxylamine groups is 1. The van der Waals surface area contributed by atoms with Crippen molar-refractivity contribution in [2.45, 2.75) is 31.7 Å². The first-order valence-electron chi connectivity index (χ1n) is 3.99. The highest BCUT2D eigenvalue weighted by molar-refractivity contribution is 5.76. The second-order valence-corrected chi connectivity index (χ2v) is 2.90. The largest absolute Gasteiger partial charge is 0.306 e. The van der Waals surface area contributed by atoms with Gasteiger partial charge in [-0.3, -0.25) is 10.0 Å². The van der Waals surface area contributed by atoms with Gasteiger partial charge in [0.1, 0.15) is 0 Å². The number of carbonyl (C=O) groups excluding carboxylic acids is 1. The Morgan fingerprint density at radius 2 is 2.09 bits per heavy atom. The molecule has 3 N–H and O–H groups in total. The van der Waals surface area contributed by atoms with Gasteiger partial charge in [0.15, 0.2) is 0 Å². The van der Waals surface area contributed by atoms with E-state index in [1.54, 1.807) is 5.48 Å². The molecule has 4 heteroatoms. The molecule has 0 aromatic carbocycles. The van der Waals surface area contributed by atoms with Gasteiger partial charge in [0.2, 0.25) is 0 Å². The van der Waals surface area contributed by atoms with Gasteiger partial charge in [0.05, 0.1) is 6.54 Å². The van der Waals surface area contributed by atoms with Crippen LogP contribution in [0.25, 0.3) is 0 Å². The van der Waals surface area contributed by atoms with Crippen LogP contribution in [0, 0.1) is 0 Å². The maximum atomic E-state index is 10.5. The first kappa shape index (κ1) is 8.49. The Morgan fingerprint density at radius 3 is 2.64 bits per heavy atom. The van der Waals surface area contributed by atoms with Gasteiger partial charge in [0, 0.05) is 6.04 Å². The lowest BCUT2D eigenvalue weighted by atomic mass is 10.2. The number of amides is 1. The number of nitrogens with one attached hydrogen (secondary N) is 2. The fourth-order valence-electron chi connectivity index (χ4n) is 1.41. The summed E-state index contributed by atoms with van der Waals surface area (Å²) in [5.41, 5.74) is 1.59. The molecule has 4 nitrogen and oxygen atoms in total. The van der Waals surface area contributed by atoms with Gasteiger partial charge in [-0.1, -0.05) is 12.8 Å². The number of hydrogen-bond acceptors (Lipinski definition) is 3. The van der Waals surface area contributed by atoms with Crippen LogP contribution in [0.3, 0.4) is 0 Å². The van der Waals surface area contributed by atoms with Gasteiger partial charge in [-0.15, -0.1) is 0 Å². The zero-order chi connectivity index (χ0) is 8.10. The number of rotatable bonds is 3. The standard InChI is InChI=1S/C7H14N2O2/c10-7(9-11)5-8-6-3-1-2-4-6/h6,8,11H,1-5H2,(H,9,10). The van der Waals surface area contributed by atoms with Crippen molar-refractivity contribution >= 4 is 5.91 Å². The molecule has 1 saturated carbocycles. The number of carbonyl (C=O) groups is 1. The Balaban J connectivity index is 2.06. The van der Waals surface area contributed by atoms with Gasteiger partial charge in [0.25, 0.3) is 5.91 Å². The van der Waals surface area contributed by atoms with Crippen LogP contribution in [-0.2, 0) is 4.79 Å². The summed E-state index contributed by atoms with van der Waals surface area (Å²) in [5.74, 6) is -0.364. The molecule has 0 radical (unpaired) electrons. The summed E-state index contributed by atoms with van der Waals surface area (Å²) in [6.45, 7) is 0.223. The van der Waals surface area contributed by atoms with Crippen molar-refractivity contribution < 1.29 is 10.0 Å². The van der Waals surface area contributed by atoms with Crippen LogP contribution in [0.2, 0.25) is 0 Å². The molecule has 0 heterocycles. The maximum Gasteiger partial charge on any atom is 0.257 e. The molecule has 0 unspecified atom stereocenters. The van der Waals surface area contributed by atoms with E-state index < -0.39 is 0 Å². The summed E-state index contributed by atoms with van der Waals surface area (Å²) >= 11 is 0. The first-order chi connectivity index (χ1) is 5.33. The summed E-state index contributed by atoms with van der Waals surface area (Å²) < 4.78 is 0. The van der Waals surface area contributed by atoms with Crippen LogP contribution >= 0.6 is 0 Å². The normalized spacial score (nSPS) is 18.6. The maximum absolute atomic E-state index is 10.5. The summed E-state index contributed by atoms with van der Waals surface area (Å²) in [4.78, 5) is 10.5. The van der Waals surface area contributed by atoms with E-state index in [-0.39, 0.29) is 12.5 Å². The Kier molecular flexibility index (Phi) is 3.32. The average molecular weight is 158 g/mol. The third-order valence-corrected chi connectivity index (χ3v) is 2.03. The molecule has 0 bridgehead atoms. The van der Waals surface area contributed by atoms with E-state index in [4.69, 9.17) is 5.21 Å². The van der Waals surface area contributed by atoms with Crippen LogP contribution < -0.4 is 10.8 Å². The van der Waals surface area contributed by atoms with Gasteiger partial charge < -0.3 is 5.32 Å². The van der Waals surface area contributed by atoms with Gasteiger partial charge in [-0.25, -0.2) is 5.48 Å². The lowest BCUT2D eigenvalue weighted by Crippen LogP contribution is -2.36. The molecule has 1 fully saturated rings. The predicted octanol–water partition coefficient (Wildman–Crippen LogP) is 0.0240. The van der Waals surface area contributed by atoms with Crippen LogP contribution in [0.15, 0.2) is 0 Å². The van der Waals surface area contributed by atoms with Crippen molar-refractivity contribution in [2.75, 3.05) is 6.54 Å². The van der Waals surface area contributed by atoms with Crippen LogP contribution in [0.4, 0.5) is 0 Å². The molecule has 0 aliphatic heterocycles. The van der Waals surface area contributed by atoms with Crippen molar-refractivity contribution in [2.24, 2.45) is 0 Å². The lowest BCUT2D eigenvalue weighted by Gasteiger charge is -2.09. The third kappa shape index (κ3) is 2.86. The fourth-order valence-corrected chi connectivity index (χ4v) is 1.41. The zero-order valence-electron chi connectivity index (χ0n) is 6.47. The predicted molar refractivity (Wildman–Crippen MR) is 40.2 cm³/mol. The second kappa shape index (κ2) is 4.31. The summed E-state index contributed by atoms with van der Waals surface area (Å²) in [6.07, 6.45) is 4.80. The SMILES string of the molecule is O=C(CNC1CCCC1)NO. The molecule has 1 rings (SSSR count). The Hall–Kier alpha value is -0.610. The lowest BCUT2D eigenvalue weighted by molar-refractivity contribution is -0.128. The van der Waals surface area contributed by atoms with Gasteiger partial charge >= 0.3 is 0 Å². The summed E-state index contributed by atoms with van der Waals surface area (Å²) in [5, 5.41) is 11.2.